The van der Waals surface area contributed by atoms with Gasteiger partial charge in [0.15, 0.2) is 0 Å². The third kappa shape index (κ3) is 10.6. The fourth-order valence-corrected chi connectivity index (χ4v) is 9.18. The first-order valence-corrected chi connectivity index (χ1v) is 20.7. The molecule has 2 aromatic heterocycles. The van der Waals surface area contributed by atoms with Crippen molar-refractivity contribution in [2.45, 2.75) is 108 Å². The molecule has 4 aromatic rings. The number of aryl methyl sites for hydroxylation is 2. The highest BCUT2D eigenvalue weighted by molar-refractivity contribution is 7.17. The Morgan fingerprint density at radius 3 is 1.38 bits per heavy atom. The predicted octanol–water partition coefficient (Wildman–Crippen LogP) is 11.5. The number of rotatable bonds is 6. The van der Waals surface area contributed by atoms with E-state index in [-0.39, 0.29) is 51.0 Å². The first kappa shape index (κ1) is 49.3. The van der Waals surface area contributed by atoms with Crippen LogP contribution in [0.25, 0.3) is 0 Å². The Morgan fingerprint density at radius 1 is 0.717 bits per heavy atom. The van der Waals surface area contributed by atoms with E-state index in [0.29, 0.717) is 21.5 Å². The number of ether oxygens (including phenoxy) is 1. The summed E-state index contributed by atoms with van der Waals surface area (Å²) in [4.78, 5) is 38.8. The van der Waals surface area contributed by atoms with Gasteiger partial charge < -0.3 is 9.84 Å². The first-order valence-electron chi connectivity index (χ1n) is 18.3. The monoisotopic (exact) mass is 892 g/mol. The van der Waals surface area contributed by atoms with Crippen molar-refractivity contribution in [3.63, 3.8) is 0 Å². The van der Waals surface area contributed by atoms with Crippen molar-refractivity contribution in [3.05, 3.63) is 102 Å². The van der Waals surface area contributed by atoms with Crippen LogP contribution in [-0.2, 0) is 14.3 Å². The Hall–Kier alpha value is -5.02. The topological polar surface area (TPSA) is 190 Å². The zero-order valence-electron chi connectivity index (χ0n) is 33.7. The minimum atomic E-state index is -1.04. The highest BCUT2D eigenvalue weighted by Crippen LogP contribution is 2.42. The second-order valence-corrected chi connectivity index (χ2v) is 18.2. The van der Waals surface area contributed by atoms with Crippen molar-refractivity contribution in [1.82, 2.24) is 0 Å². The summed E-state index contributed by atoms with van der Waals surface area (Å²) in [6.07, 6.45) is -0.392. The van der Waals surface area contributed by atoms with Crippen LogP contribution in [0.1, 0.15) is 105 Å². The smallest absolute Gasteiger partial charge is 0.308 e. The van der Waals surface area contributed by atoms with Crippen molar-refractivity contribution in [2.75, 3.05) is 9.80 Å². The molecule has 0 saturated heterocycles. The van der Waals surface area contributed by atoms with E-state index in [1.807, 2.05) is 72.7 Å². The SMILES string of the molecule is C.C.CC(=N)N1C(=N)[C@H](CC(=O)O)N=C(c2ccc(Cl)cc2)c2c1sc(C)c2C.CC(=N)N1C(=N)[C@H](CC(=O)OC(C)(C)C)N=C(c2ccc(Cl)cc2)c2c1sc(C)c2C. The standard InChI is InChI=1S/C23H27ClN4O2S.C19H19ClN4O2S.2CH4/c1-12-13(2)31-22-19(12)20(15-7-9-16(24)10-8-15)27-17(21(26)28(22)14(3)25)11-18(29)30-23(4,5)6;1-9-10(2)27-19-16(9)17(12-4-6-13(20)7-5-12)23-14(8-15(25)26)18(22)24(19)11(3)21;;/h7-10,17,25-26H,11H2,1-6H3;4-7,14,21-22H,8H2,1-3H3,(H,25,26);2*1H4/t17-;14-;;/m00../s1. The maximum Gasteiger partial charge on any atom is 0.308 e. The molecule has 0 radical (unpaired) electrons. The number of benzene rings is 2. The number of carboxylic acids is 1. The van der Waals surface area contributed by atoms with Gasteiger partial charge in [0.1, 0.15) is 51.0 Å². The van der Waals surface area contributed by atoms with Gasteiger partial charge in [0.05, 0.1) is 24.3 Å². The fourth-order valence-electron chi connectivity index (χ4n) is 6.48. The number of esters is 1. The zero-order valence-corrected chi connectivity index (χ0v) is 36.9. The van der Waals surface area contributed by atoms with Crippen molar-refractivity contribution in [3.8, 4) is 0 Å². The molecule has 6 rings (SSSR count). The number of nitrogens with one attached hydrogen (secondary N) is 4. The molecule has 2 aliphatic heterocycles. The van der Waals surface area contributed by atoms with Crippen LogP contribution >= 0.6 is 45.9 Å². The first-order chi connectivity index (χ1) is 27.1. The minimum Gasteiger partial charge on any atom is -0.481 e. The van der Waals surface area contributed by atoms with Gasteiger partial charge in [-0.2, -0.15) is 0 Å². The number of thiophene rings is 2. The average Bonchev–Trinajstić information content (AvgIpc) is 3.47. The van der Waals surface area contributed by atoms with E-state index in [1.165, 1.54) is 27.6 Å². The second kappa shape index (κ2) is 19.6. The molecule has 2 aromatic carbocycles. The molecule has 0 aliphatic carbocycles. The number of carbonyl (C=O) groups is 2. The second-order valence-electron chi connectivity index (χ2n) is 14.9. The lowest BCUT2D eigenvalue weighted by atomic mass is 9.99. The van der Waals surface area contributed by atoms with Gasteiger partial charge in [-0.25, -0.2) is 0 Å². The van der Waals surface area contributed by atoms with Gasteiger partial charge in [0, 0.05) is 42.1 Å². The van der Waals surface area contributed by atoms with E-state index in [2.05, 4.69) is 4.99 Å². The maximum absolute atomic E-state index is 12.6. The van der Waals surface area contributed by atoms with Crippen molar-refractivity contribution in [1.29, 1.82) is 21.6 Å². The summed E-state index contributed by atoms with van der Waals surface area (Å²) < 4.78 is 5.49. The molecule has 0 saturated carbocycles. The highest BCUT2D eigenvalue weighted by Gasteiger charge is 2.37. The molecule has 12 nitrogen and oxygen atoms in total. The molecule has 16 heteroatoms. The number of carboxylic acid groups (broad SMARTS) is 1. The van der Waals surface area contributed by atoms with Crippen LogP contribution < -0.4 is 9.80 Å². The third-order valence-electron chi connectivity index (χ3n) is 9.35. The molecule has 0 spiro atoms. The van der Waals surface area contributed by atoms with Gasteiger partial charge in [-0.05, 0) is 97.7 Å². The minimum absolute atomic E-state index is 0. The van der Waals surface area contributed by atoms with Crippen molar-refractivity contribution in [2.24, 2.45) is 9.98 Å². The fraction of sp³-hybridized carbons (Fsp3) is 0.364. The Kier molecular flexibility index (Phi) is 16.1. The van der Waals surface area contributed by atoms with E-state index in [9.17, 15) is 14.7 Å². The van der Waals surface area contributed by atoms with Crippen LogP contribution in [0.5, 0.6) is 0 Å². The largest absolute Gasteiger partial charge is 0.481 e. The number of hydrogen-bond donors (Lipinski definition) is 5. The normalized spacial score (nSPS) is 16.0. The highest BCUT2D eigenvalue weighted by atomic mass is 35.5. The number of carbonyl (C=O) groups excluding carboxylic acids is 1. The van der Waals surface area contributed by atoms with Crippen molar-refractivity contribution < 1.29 is 19.4 Å². The Morgan fingerprint density at radius 2 is 1.07 bits per heavy atom. The lowest BCUT2D eigenvalue weighted by molar-refractivity contribution is -0.154. The summed E-state index contributed by atoms with van der Waals surface area (Å²) in [5.74, 6) is -1.02. The maximum atomic E-state index is 12.6. The van der Waals surface area contributed by atoms with Gasteiger partial charge in [0.2, 0.25) is 0 Å². The number of halogens is 2. The third-order valence-corrected chi connectivity index (χ3v) is 12.2. The van der Waals surface area contributed by atoms with Gasteiger partial charge >= 0.3 is 11.9 Å². The number of anilines is 2. The lowest BCUT2D eigenvalue weighted by Gasteiger charge is -2.25. The van der Waals surface area contributed by atoms with Gasteiger partial charge in [-0.15, -0.1) is 22.7 Å². The van der Waals surface area contributed by atoms with Crippen LogP contribution in [0.4, 0.5) is 10.0 Å². The summed E-state index contributed by atoms with van der Waals surface area (Å²) in [6.45, 7) is 16.7. The molecule has 0 amide bonds. The van der Waals surface area contributed by atoms with Crippen LogP contribution in [-0.4, -0.2) is 69.5 Å². The Balaban J connectivity index is 0.000000313. The Bertz CT molecular complexity index is 2390. The summed E-state index contributed by atoms with van der Waals surface area (Å²) in [7, 11) is 0. The summed E-state index contributed by atoms with van der Waals surface area (Å²) in [5, 5.41) is 46.0. The van der Waals surface area contributed by atoms with Crippen LogP contribution in [0.3, 0.4) is 0 Å². The number of aliphatic carboxylic acids is 1. The quantitative estimate of drug-likeness (QED) is 0.0727. The van der Waals surface area contributed by atoms with Crippen LogP contribution in [0, 0.1) is 49.3 Å². The molecule has 2 atom stereocenters. The summed E-state index contributed by atoms with van der Waals surface area (Å²) >= 11 is 15.1. The summed E-state index contributed by atoms with van der Waals surface area (Å²) in [6, 6.07) is 12.9. The molecular formula is C44H54Cl2N8O4S2. The summed E-state index contributed by atoms with van der Waals surface area (Å²) in [5.41, 5.74) is 6.11. The zero-order chi connectivity index (χ0) is 43.0. The lowest BCUT2D eigenvalue weighted by Crippen LogP contribution is -2.41. The molecule has 60 heavy (non-hydrogen) atoms. The molecule has 0 fully saturated rings. The molecule has 4 heterocycles. The molecular weight excluding hydrogens is 840 g/mol. The van der Waals surface area contributed by atoms with Gasteiger partial charge in [-0.3, -0.25) is 51.0 Å². The van der Waals surface area contributed by atoms with Crippen molar-refractivity contribution >= 4 is 103 Å². The Labute approximate surface area is 371 Å². The molecule has 0 unspecified atom stereocenters. The predicted molar refractivity (Wildman–Crippen MR) is 253 cm³/mol. The average molecular weight is 894 g/mol. The van der Waals surface area contributed by atoms with E-state index >= 15 is 0 Å². The number of aliphatic imine (C=N–C) groups is 2. The number of nitrogens with zero attached hydrogens (tertiary/aromatic N) is 4. The molecule has 320 valence electrons. The van der Waals surface area contributed by atoms with Gasteiger partial charge in [-0.1, -0.05) is 62.3 Å². The van der Waals surface area contributed by atoms with E-state index < -0.39 is 29.6 Å². The number of hydrogen-bond acceptors (Lipinski definition) is 11. The van der Waals surface area contributed by atoms with E-state index in [4.69, 9.17) is 54.6 Å². The molecule has 0 bridgehead atoms. The number of amidine groups is 4. The number of fused-ring (bicyclic) bond motifs is 2. The van der Waals surface area contributed by atoms with Crippen LogP contribution in [0.2, 0.25) is 10.0 Å². The van der Waals surface area contributed by atoms with E-state index in [0.717, 1.165) is 53.1 Å². The van der Waals surface area contributed by atoms with E-state index in [1.54, 1.807) is 43.0 Å². The van der Waals surface area contributed by atoms with Crippen LogP contribution in [0.15, 0.2) is 58.5 Å². The molecule has 2 aliphatic rings. The molecule has 5 N–H and O–H groups in total. The van der Waals surface area contributed by atoms with Gasteiger partial charge in [0.25, 0.3) is 0 Å².